The van der Waals surface area contributed by atoms with Crippen LogP contribution in [0, 0.1) is 0 Å². The first kappa shape index (κ1) is 16.0. The number of hydrogen-bond donors (Lipinski definition) is 1. The van der Waals surface area contributed by atoms with E-state index in [2.05, 4.69) is 26.5 Å². The van der Waals surface area contributed by atoms with Gasteiger partial charge >= 0.3 is 0 Å². The number of halogens is 1. The van der Waals surface area contributed by atoms with Gasteiger partial charge in [0.25, 0.3) is 5.91 Å². The Kier molecular flexibility index (Phi) is 5.55. The fourth-order valence-corrected chi connectivity index (χ4v) is 2.13. The standard InChI is InChI=1S/C16H15BrN2O3/c1-21-13-6-3-11(4-7-13)10-18-19-16(20)14-9-12(17)5-8-15(14)22-2/h3-10H,1-2H3,(H,19,20)/b18-10-. The van der Waals surface area contributed by atoms with Crippen LogP contribution < -0.4 is 14.9 Å². The number of nitrogens with zero attached hydrogens (tertiary/aromatic N) is 1. The predicted molar refractivity (Wildman–Crippen MR) is 88.7 cm³/mol. The van der Waals surface area contributed by atoms with Crippen LogP contribution in [0.2, 0.25) is 0 Å². The van der Waals surface area contributed by atoms with Gasteiger partial charge < -0.3 is 9.47 Å². The summed E-state index contributed by atoms with van der Waals surface area (Å²) in [7, 11) is 3.12. The van der Waals surface area contributed by atoms with E-state index in [-0.39, 0.29) is 5.91 Å². The molecule has 114 valence electrons. The molecule has 0 saturated heterocycles. The molecule has 0 spiro atoms. The molecule has 2 aromatic carbocycles. The summed E-state index contributed by atoms with van der Waals surface area (Å²) in [6.07, 6.45) is 1.56. The summed E-state index contributed by atoms with van der Waals surface area (Å²) in [6, 6.07) is 12.5. The maximum Gasteiger partial charge on any atom is 0.275 e. The molecule has 0 heterocycles. The maximum atomic E-state index is 12.1. The fourth-order valence-electron chi connectivity index (χ4n) is 1.77. The molecule has 0 aliphatic heterocycles. The summed E-state index contributed by atoms with van der Waals surface area (Å²) in [5.41, 5.74) is 3.73. The molecule has 0 aliphatic carbocycles. The molecule has 1 N–H and O–H groups in total. The quantitative estimate of drug-likeness (QED) is 0.656. The second-order valence-corrected chi connectivity index (χ2v) is 5.23. The number of carbonyl (C=O) groups excluding carboxylic acids is 1. The molecule has 5 nitrogen and oxygen atoms in total. The normalized spacial score (nSPS) is 10.5. The molecule has 0 saturated carbocycles. The van der Waals surface area contributed by atoms with Crippen molar-refractivity contribution in [3.8, 4) is 11.5 Å². The number of methoxy groups -OCH3 is 2. The van der Waals surface area contributed by atoms with Crippen LogP contribution in [0.25, 0.3) is 0 Å². The van der Waals surface area contributed by atoms with E-state index in [9.17, 15) is 4.79 Å². The lowest BCUT2D eigenvalue weighted by Gasteiger charge is -2.07. The van der Waals surface area contributed by atoms with Gasteiger partial charge in [0, 0.05) is 4.47 Å². The van der Waals surface area contributed by atoms with Crippen LogP contribution in [0.15, 0.2) is 52.0 Å². The van der Waals surface area contributed by atoms with Gasteiger partial charge in [-0.15, -0.1) is 0 Å². The zero-order valence-electron chi connectivity index (χ0n) is 12.2. The van der Waals surface area contributed by atoms with Crippen LogP contribution in [0.5, 0.6) is 11.5 Å². The van der Waals surface area contributed by atoms with Gasteiger partial charge in [-0.1, -0.05) is 15.9 Å². The van der Waals surface area contributed by atoms with Crippen LogP contribution in [-0.2, 0) is 0 Å². The molecule has 1 amide bonds. The minimum Gasteiger partial charge on any atom is -0.497 e. The molecule has 2 aromatic rings. The van der Waals surface area contributed by atoms with E-state index in [4.69, 9.17) is 9.47 Å². The van der Waals surface area contributed by atoms with Crippen molar-refractivity contribution in [3.05, 3.63) is 58.1 Å². The second kappa shape index (κ2) is 7.61. The summed E-state index contributed by atoms with van der Waals surface area (Å²) in [4.78, 5) is 12.1. The average Bonchev–Trinajstić information content (AvgIpc) is 2.55. The molecule has 6 heteroatoms. The van der Waals surface area contributed by atoms with Crippen LogP contribution >= 0.6 is 15.9 Å². The highest BCUT2D eigenvalue weighted by Gasteiger charge is 2.11. The smallest absolute Gasteiger partial charge is 0.275 e. The zero-order chi connectivity index (χ0) is 15.9. The number of ether oxygens (including phenoxy) is 2. The van der Waals surface area contributed by atoms with Crippen LogP contribution in [0.1, 0.15) is 15.9 Å². The molecule has 22 heavy (non-hydrogen) atoms. The summed E-state index contributed by atoms with van der Waals surface area (Å²) >= 11 is 3.33. The molecule has 0 radical (unpaired) electrons. The second-order valence-electron chi connectivity index (χ2n) is 4.32. The minimum absolute atomic E-state index is 0.345. The third-order valence-electron chi connectivity index (χ3n) is 2.90. The Morgan fingerprint density at radius 2 is 1.86 bits per heavy atom. The van der Waals surface area contributed by atoms with Crippen molar-refractivity contribution in [1.82, 2.24) is 5.43 Å². The first-order valence-corrected chi connectivity index (χ1v) is 7.24. The third-order valence-corrected chi connectivity index (χ3v) is 3.39. The van der Waals surface area contributed by atoms with E-state index in [0.29, 0.717) is 11.3 Å². The Labute approximate surface area is 137 Å². The molecular weight excluding hydrogens is 348 g/mol. The van der Waals surface area contributed by atoms with E-state index < -0.39 is 0 Å². The van der Waals surface area contributed by atoms with Crippen molar-refractivity contribution in [3.63, 3.8) is 0 Å². The molecular formula is C16H15BrN2O3. The van der Waals surface area contributed by atoms with Gasteiger partial charge in [-0.2, -0.15) is 5.10 Å². The average molecular weight is 363 g/mol. The van der Waals surface area contributed by atoms with E-state index in [0.717, 1.165) is 15.8 Å². The Morgan fingerprint density at radius 3 is 2.50 bits per heavy atom. The van der Waals surface area contributed by atoms with E-state index >= 15 is 0 Å². The lowest BCUT2D eigenvalue weighted by atomic mass is 10.2. The van der Waals surface area contributed by atoms with Crippen molar-refractivity contribution in [2.24, 2.45) is 5.10 Å². The van der Waals surface area contributed by atoms with Crippen LogP contribution in [0.3, 0.4) is 0 Å². The summed E-state index contributed by atoms with van der Waals surface area (Å²) < 4.78 is 11.0. The minimum atomic E-state index is -0.345. The molecule has 2 rings (SSSR count). The Balaban J connectivity index is 2.05. The summed E-state index contributed by atoms with van der Waals surface area (Å²) in [5, 5.41) is 3.94. The summed E-state index contributed by atoms with van der Waals surface area (Å²) in [5.74, 6) is 0.906. The number of hydrazone groups is 1. The van der Waals surface area contributed by atoms with E-state index in [1.165, 1.54) is 7.11 Å². The lowest BCUT2D eigenvalue weighted by molar-refractivity contribution is 0.0952. The van der Waals surface area contributed by atoms with Crippen molar-refractivity contribution >= 4 is 28.1 Å². The monoisotopic (exact) mass is 362 g/mol. The third kappa shape index (κ3) is 4.08. The first-order chi connectivity index (χ1) is 10.6. The van der Waals surface area contributed by atoms with Gasteiger partial charge in [0.05, 0.1) is 26.0 Å². The SMILES string of the molecule is COc1ccc(/C=N\NC(=O)c2cc(Br)ccc2OC)cc1. The molecule has 0 aromatic heterocycles. The first-order valence-electron chi connectivity index (χ1n) is 6.45. The van der Waals surface area contributed by atoms with E-state index in [1.807, 2.05) is 24.3 Å². The molecule has 0 aliphatic rings. The zero-order valence-corrected chi connectivity index (χ0v) is 13.8. The van der Waals surface area contributed by atoms with Crippen molar-refractivity contribution in [1.29, 1.82) is 0 Å². The molecule has 0 atom stereocenters. The highest BCUT2D eigenvalue weighted by Crippen LogP contribution is 2.22. The maximum absolute atomic E-state index is 12.1. The molecule has 0 bridgehead atoms. The Bertz CT molecular complexity index is 684. The Morgan fingerprint density at radius 1 is 1.14 bits per heavy atom. The largest absolute Gasteiger partial charge is 0.497 e. The highest BCUT2D eigenvalue weighted by atomic mass is 79.9. The number of hydrogen-bond acceptors (Lipinski definition) is 4. The Hall–Kier alpha value is -2.34. The van der Waals surface area contributed by atoms with Gasteiger partial charge in [0.2, 0.25) is 0 Å². The predicted octanol–water partition coefficient (Wildman–Crippen LogP) is 3.23. The number of amides is 1. The lowest BCUT2D eigenvalue weighted by Crippen LogP contribution is -2.18. The van der Waals surface area contributed by atoms with E-state index in [1.54, 1.807) is 31.5 Å². The van der Waals surface area contributed by atoms with Crippen molar-refractivity contribution < 1.29 is 14.3 Å². The number of carbonyl (C=O) groups is 1. The van der Waals surface area contributed by atoms with Gasteiger partial charge in [-0.05, 0) is 48.0 Å². The molecule has 0 fully saturated rings. The van der Waals surface area contributed by atoms with Crippen molar-refractivity contribution in [2.75, 3.05) is 14.2 Å². The summed E-state index contributed by atoms with van der Waals surface area (Å²) in [6.45, 7) is 0. The van der Waals surface area contributed by atoms with Crippen LogP contribution in [0.4, 0.5) is 0 Å². The fraction of sp³-hybridized carbons (Fsp3) is 0.125. The van der Waals surface area contributed by atoms with Gasteiger partial charge in [-0.3, -0.25) is 4.79 Å². The van der Waals surface area contributed by atoms with Gasteiger partial charge in [0.15, 0.2) is 0 Å². The van der Waals surface area contributed by atoms with Gasteiger partial charge in [-0.25, -0.2) is 5.43 Å². The number of benzene rings is 2. The topological polar surface area (TPSA) is 59.9 Å². The van der Waals surface area contributed by atoms with Crippen LogP contribution in [-0.4, -0.2) is 26.3 Å². The van der Waals surface area contributed by atoms with Gasteiger partial charge in [0.1, 0.15) is 11.5 Å². The number of rotatable bonds is 5. The van der Waals surface area contributed by atoms with Crippen molar-refractivity contribution in [2.45, 2.75) is 0 Å². The molecule has 0 unspecified atom stereocenters. The number of nitrogens with one attached hydrogen (secondary N) is 1. The highest BCUT2D eigenvalue weighted by molar-refractivity contribution is 9.10.